The summed E-state index contributed by atoms with van der Waals surface area (Å²) in [6.07, 6.45) is 0.452. The van der Waals surface area contributed by atoms with E-state index in [9.17, 15) is 13.2 Å². The van der Waals surface area contributed by atoms with Gasteiger partial charge in [-0.25, -0.2) is 8.42 Å². The molecule has 0 unspecified atom stereocenters. The molecule has 134 valence electrons. The van der Waals surface area contributed by atoms with Crippen molar-refractivity contribution < 1.29 is 13.2 Å². The quantitative estimate of drug-likeness (QED) is 0.785. The molecular weight excluding hydrogens is 360 g/mol. The minimum absolute atomic E-state index is 0.00147. The molecule has 0 bridgehead atoms. The zero-order valence-electron chi connectivity index (χ0n) is 14.1. The van der Waals surface area contributed by atoms with E-state index in [-0.39, 0.29) is 23.2 Å². The molecule has 25 heavy (non-hydrogen) atoms. The van der Waals surface area contributed by atoms with Crippen LogP contribution in [0.1, 0.15) is 13.3 Å². The molecule has 1 fully saturated rings. The van der Waals surface area contributed by atoms with Gasteiger partial charge in [0, 0.05) is 12.6 Å². The van der Waals surface area contributed by atoms with Crippen LogP contribution in [0, 0.1) is 0 Å². The highest BCUT2D eigenvalue weighted by atomic mass is 32.2. The summed E-state index contributed by atoms with van der Waals surface area (Å²) in [5, 5.41) is 11.8. The highest BCUT2D eigenvalue weighted by Gasteiger charge is 2.39. The molecule has 2 heterocycles. The van der Waals surface area contributed by atoms with E-state index in [2.05, 4.69) is 15.5 Å². The Balaban J connectivity index is 1.61. The van der Waals surface area contributed by atoms with Crippen molar-refractivity contribution in [2.24, 2.45) is 7.05 Å². The number of nitrogens with one attached hydrogen (secondary N) is 1. The summed E-state index contributed by atoms with van der Waals surface area (Å²) in [6, 6.07) is 9.70. The molecule has 1 saturated heterocycles. The van der Waals surface area contributed by atoms with Gasteiger partial charge in [-0.3, -0.25) is 4.79 Å². The van der Waals surface area contributed by atoms with Crippen LogP contribution in [0.15, 0.2) is 35.5 Å². The van der Waals surface area contributed by atoms with Gasteiger partial charge in [0.1, 0.15) is 0 Å². The van der Waals surface area contributed by atoms with Crippen molar-refractivity contribution in [3.8, 4) is 11.4 Å². The number of hydrogen-bond acceptors (Lipinski definition) is 6. The van der Waals surface area contributed by atoms with Crippen LogP contribution in [0.5, 0.6) is 0 Å². The van der Waals surface area contributed by atoms with Gasteiger partial charge in [-0.2, -0.15) is 0 Å². The Hall–Kier alpha value is -1.87. The lowest BCUT2D eigenvalue weighted by Gasteiger charge is -2.23. The van der Waals surface area contributed by atoms with Gasteiger partial charge in [0.2, 0.25) is 5.91 Å². The summed E-state index contributed by atoms with van der Waals surface area (Å²) in [4.78, 5) is 12.2. The van der Waals surface area contributed by atoms with E-state index in [4.69, 9.17) is 0 Å². The Morgan fingerprint density at radius 2 is 2.04 bits per heavy atom. The average Bonchev–Trinajstić information content (AvgIpc) is 3.05. The fourth-order valence-electron chi connectivity index (χ4n) is 2.89. The number of rotatable bonds is 5. The van der Waals surface area contributed by atoms with E-state index in [0.717, 1.165) is 11.4 Å². The van der Waals surface area contributed by atoms with Crippen LogP contribution in [-0.2, 0) is 21.7 Å². The molecular formula is C16H20N4O3S2. The van der Waals surface area contributed by atoms with Crippen LogP contribution < -0.4 is 5.32 Å². The Bertz CT molecular complexity index is 880. The lowest BCUT2D eigenvalue weighted by molar-refractivity contribution is -0.120. The first-order valence-corrected chi connectivity index (χ1v) is 10.7. The van der Waals surface area contributed by atoms with Gasteiger partial charge < -0.3 is 9.88 Å². The number of carbonyl (C=O) groups excluding carboxylic acids is 1. The minimum Gasteiger partial charge on any atom is -0.349 e. The molecule has 0 spiro atoms. The number of benzene rings is 1. The maximum atomic E-state index is 12.2. The van der Waals surface area contributed by atoms with Gasteiger partial charge in [0.15, 0.2) is 20.8 Å². The van der Waals surface area contributed by atoms with E-state index in [1.165, 1.54) is 11.8 Å². The smallest absolute Gasteiger partial charge is 0.230 e. The fourth-order valence-corrected chi connectivity index (χ4v) is 5.70. The summed E-state index contributed by atoms with van der Waals surface area (Å²) in [5.74, 6) is 0.821. The topological polar surface area (TPSA) is 94.0 Å². The number of sulfone groups is 1. The van der Waals surface area contributed by atoms with Crippen molar-refractivity contribution >= 4 is 27.5 Å². The third kappa shape index (κ3) is 4.21. The molecule has 3 rings (SSSR count). The van der Waals surface area contributed by atoms with Crippen LogP contribution in [0.3, 0.4) is 0 Å². The first-order chi connectivity index (χ1) is 11.8. The zero-order valence-corrected chi connectivity index (χ0v) is 15.7. The molecule has 1 atom stereocenters. The number of amides is 1. The van der Waals surface area contributed by atoms with Gasteiger partial charge in [-0.1, -0.05) is 42.1 Å². The van der Waals surface area contributed by atoms with Crippen LogP contribution in [0.25, 0.3) is 11.4 Å². The minimum atomic E-state index is -3.05. The SMILES string of the molecule is Cn1c(SCC(=O)N[C@@]2(C)CCS(=O)(=O)C2)nnc1-c1ccccc1. The third-order valence-electron chi connectivity index (χ3n) is 4.14. The Morgan fingerprint density at radius 1 is 1.32 bits per heavy atom. The Kier molecular flexibility index (Phi) is 4.88. The van der Waals surface area contributed by atoms with E-state index < -0.39 is 15.4 Å². The number of hydrogen-bond donors (Lipinski definition) is 1. The monoisotopic (exact) mass is 380 g/mol. The second-order valence-corrected chi connectivity index (χ2v) is 9.60. The Morgan fingerprint density at radius 3 is 2.68 bits per heavy atom. The van der Waals surface area contributed by atoms with Gasteiger partial charge >= 0.3 is 0 Å². The molecule has 0 radical (unpaired) electrons. The molecule has 1 aliphatic rings. The summed E-state index contributed by atoms with van der Waals surface area (Å²) < 4.78 is 25.1. The molecule has 1 N–H and O–H groups in total. The molecule has 1 aliphatic heterocycles. The predicted octanol–water partition coefficient (Wildman–Crippen LogP) is 1.27. The fraction of sp³-hybridized carbons (Fsp3) is 0.438. The van der Waals surface area contributed by atoms with Crippen molar-refractivity contribution in [3.05, 3.63) is 30.3 Å². The number of nitrogens with zero attached hydrogens (tertiary/aromatic N) is 3. The van der Waals surface area contributed by atoms with Crippen molar-refractivity contribution in [1.29, 1.82) is 0 Å². The summed E-state index contributed by atoms with van der Waals surface area (Å²) in [5.41, 5.74) is 0.281. The first-order valence-electron chi connectivity index (χ1n) is 7.87. The van der Waals surface area contributed by atoms with Crippen molar-refractivity contribution in [3.63, 3.8) is 0 Å². The molecule has 1 aromatic carbocycles. The van der Waals surface area contributed by atoms with Crippen molar-refractivity contribution in [2.45, 2.75) is 24.0 Å². The van der Waals surface area contributed by atoms with Crippen LogP contribution in [0.4, 0.5) is 0 Å². The van der Waals surface area contributed by atoms with E-state index >= 15 is 0 Å². The standard InChI is InChI=1S/C16H20N4O3S2/c1-16(8-9-25(22,23)11-16)17-13(21)10-24-15-19-18-14(20(15)2)12-6-4-3-5-7-12/h3-7H,8-11H2,1-2H3,(H,17,21)/t16-/m0/s1. The van der Waals surface area contributed by atoms with Crippen LogP contribution in [-0.4, -0.2) is 51.9 Å². The summed E-state index contributed by atoms with van der Waals surface area (Å²) in [7, 11) is -1.19. The van der Waals surface area contributed by atoms with E-state index in [1.807, 2.05) is 41.9 Å². The normalized spacial score (nSPS) is 22.0. The molecule has 0 saturated carbocycles. The highest BCUT2D eigenvalue weighted by molar-refractivity contribution is 7.99. The van der Waals surface area contributed by atoms with Gasteiger partial charge in [-0.15, -0.1) is 10.2 Å². The molecule has 9 heteroatoms. The average molecular weight is 380 g/mol. The Labute approximate surface area is 151 Å². The number of thioether (sulfide) groups is 1. The summed E-state index contributed by atoms with van der Waals surface area (Å²) >= 11 is 1.28. The lowest BCUT2D eigenvalue weighted by Crippen LogP contribution is -2.47. The molecule has 1 amide bonds. The molecule has 2 aromatic rings. The molecule has 7 nitrogen and oxygen atoms in total. The second kappa shape index (κ2) is 6.80. The highest BCUT2D eigenvalue weighted by Crippen LogP contribution is 2.24. The lowest BCUT2D eigenvalue weighted by atomic mass is 10.0. The van der Waals surface area contributed by atoms with Gasteiger partial charge in [0.25, 0.3) is 0 Å². The van der Waals surface area contributed by atoms with Crippen molar-refractivity contribution in [1.82, 2.24) is 20.1 Å². The largest absolute Gasteiger partial charge is 0.349 e. The second-order valence-electron chi connectivity index (χ2n) is 6.47. The van der Waals surface area contributed by atoms with Crippen LogP contribution in [0.2, 0.25) is 0 Å². The van der Waals surface area contributed by atoms with Crippen LogP contribution >= 0.6 is 11.8 Å². The van der Waals surface area contributed by atoms with Crippen molar-refractivity contribution in [2.75, 3.05) is 17.3 Å². The predicted molar refractivity (Wildman–Crippen MR) is 97.0 cm³/mol. The maximum absolute atomic E-state index is 12.2. The first kappa shape index (κ1) is 17.9. The number of carbonyl (C=O) groups is 1. The number of aromatic nitrogens is 3. The maximum Gasteiger partial charge on any atom is 0.230 e. The zero-order chi connectivity index (χ0) is 18.1. The molecule has 0 aliphatic carbocycles. The molecule has 1 aromatic heterocycles. The van der Waals surface area contributed by atoms with Gasteiger partial charge in [0.05, 0.1) is 22.8 Å². The summed E-state index contributed by atoms with van der Waals surface area (Å²) in [6.45, 7) is 1.77. The van der Waals surface area contributed by atoms with Gasteiger partial charge in [-0.05, 0) is 13.3 Å². The third-order valence-corrected chi connectivity index (χ3v) is 7.07. The van der Waals surface area contributed by atoms with E-state index in [1.54, 1.807) is 6.92 Å². The van der Waals surface area contributed by atoms with E-state index in [0.29, 0.717) is 11.6 Å².